The topological polar surface area (TPSA) is 145 Å². The van der Waals surface area contributed by atoms with Crippen LogP contribution in [0.25, 0.3) is 0 Å². The minimum absolute atomic E-state index is 0.00962. The number of hydrogen-bond acceptors (Lipinski definition) is 6. The number of rotatable bonds is 12. The van der Waals surface area contributed by atoms with Gasteiger partial charge in [0.1, 0.15) is 0 Å². The Kier molecular flexibility index (Phi) is 9.70. The van der Waals surface area contributed by atoms with E-state index in [1.807, 2.05) is 54.6 Å². The summed E-state index contributed by atoms with van der Waals surface area (Å²) < 4.78 is 28.0. The van der Waals surface area contributed by atoms with Gasteiger partial charge in [0.25, 0.3) is 0 Å². The fourth-order valence-electron chi connectivity index (χ4n) is 4.87. The van der Waals surface area contributed by atoms with Crippen molar-refractivity contribution < 1.29 is 28.2 Å². The Hall–Kier alpha value is -3.57. The Morgan fingerprint density at radius 3 is 2.35 bits per heavy atom. The summed E-state index contributed by atoms with van der Waals surface area (Å²) in [6.07, 6.45) is -0.796. The molecule has 5 N–H and O–H groups in total. The van der Waals surface area contributed by atoms with Crippen LogP contribution in [-0.2, 0) is 32.5 Å². The number of sulfonamides is 1. The fraction of sp³-hybridized carbons (Fsp3) is 0.333. The van der Waals surface area contributed by atoms with Crippen LogP contribution in [0.1, 0.15) is 42.5 Å². The molecule has 4 atom stereocenters. The molecular weight excluding hydrogens is 530 g/mol. The summed E-state index contributed by atoms with van der Waals surface area (Å²) >= 11 is 0. The Balaban J connectivity index is 1.41. The van der Waals surface area contributed by atoms with Crippen LogP contribution in [0.3, 0.4) is 0 Å². The standard InChI is InChI=1S/C30H35N3O6S/c1-2-28(36)32-23-12-14-25(15-13-23)40(38,39)31-19-24(34)17-22(16-20-8-4-3-5-9-20)30(37)33-29-26-11-7-6-10-21(26)18-27(29)35/h3-15,22,24,27,29,31,34-35H,2,16-19H2,1H3,(H,32,36)(H,33,37)/t22-,24+,27-,29+/m1/s1. The van der Waals surface area contributed by atoms with Crippen molar-refractivity contribution in [2.45, 2.75) is 55.8 Å². The first kappa shape index (κ1) is 29.4. The van der Waals surface area contributed by atoms with Gasteiger partial charge in [-0.25, -0.2) is 13.1 Å². The second kappa shape index (κ2) is 13.2. The third-order valence-corrected chi connectivity index (χ3v) is 8.47. The normalized spacial score (nSPS) is 18.0. The van der Waals surface area contributed by atoms with E-state index < -0.39 is 34.2 Å². The maximum Gasteiger partial charge on any atom is 0.240 e. The second-order valence-corrected chi connectivity index (χ2v) is 11.8. The van der Waals surface area contributed by atoms with Gasteiger partial charge < -0.3 is 20.8 Å². The molecule has 2 amide bonds. The van der Waals surface area contributed by atoms with Crippen LogP contribution in [0.5, 0.6) is 0 Å². The summed E-state index contributed by atoms with van der Waals surface area (Å²) in [6, 6.07) is 22.1. The number of aliphatic hydroxyl groups is 2. The molecule has 212 valence electrons. The number of carbonyl (C=O) groups is 2. The van der Waals surface area contributed by atoms with Crippen LogP contribution in [0.2, 0.25) is 0 Å². The Labute approximate surface area is 234 Å². The Morgan fingerprint density at radius 2 is 1.65 bits per heavy atom. The van der Waals surface area contributed by atoms with Gasteiger partial charge >= 0.3 is 0 Å². The monoisotopic (exact) mass is 565 g/mol. The molecule has 10 heteroatoms. The van der Waals surface area contributed by atoms with Crippen molar-refractivity contribution in [2.24, 2.45) is 5.92 Å². The van der Waals surface area contributed by atoms with Crippen molar-refractivity contribution in [2.75, 3.05) is 11.9 Å². The van der Waals surface area contributed by atoms with Gasteiger partial charge in [0.15, 0.2) is 0 Å². The molecular formula is C30H35N3O6S. The minimum Gasteiger partial charge on any atom is -0.392 e. The van der Waals surface area contributed by atoms with Crippen molar-refractivity contribution in [3.8, 4) is 0 Å². The molecule has 3 aromatic rings. The number of fused-ring (bicyclic) bond motifs is 1. The third-order valence-electron chi connectivity index (χ3n) is 7.03. The van der Waals surface area contributed by atoms with Crippen LogP contribution >= 0.6 is 0 Å². The highest BCUT2D eigenvalue weighted by Gasteiger charge is 2.34. The van der Waals surface area contributed by atoms with Gasteiger partial charge in [-0.2, -0.15) is 0 Å². The SMILES string of the molecule is CCC(=O)Nc1ccc(S(=O)(=O)NC[C@@H](O)C[C@@H](Cc2ccccc2)C(=O)N[C@H]2c3ccccc3C[C@H]2O)cc1. The van der Waals surface area contributed by atoms with Crippen LogP contribution in [-0.4, -0.2) is 49.2 Å². The number of nitrogens with one attached hydrogen (secondary N) is 3. The average molecular weight is 566 g/mol. The molecule has 0 aromatic heterocycles. The van der Waals surface area contributed by atoms with Crippen LogP contribution < -0.4 is 15.4 Å². The molecule has 40 heavy (non-hydrogen) atoms. The fourth-order valence-corrected chi connectivity index (χ4v) is 5.94. The summed E-state index contributed by atoms with van der Waals surface area (Å²) in [5.41, 5.74) is 3.24. The van der Waals surface area contributed by atoms with Gasteiger partial charge in [0, 0.05) is 31.0 Å². The van der Waals surface area contributed by atoms with Crippen LogP contribution in [0.4, 0.5) is 5.69 Å². The van der Waals surface area contributed by atoms with E-state index in [1.54, 1.807) is 6.92 Å². The number of hydrogen-bond donors (Lipinski definition) is 5. The molecule has 0 unspecified atom stereocenters. The van der Waals surface area contributed by atoms with E-state index in [4.69, 9.17) is 0 Å². The molecule has 0 saturated heterocycles. The highest BCUT2D eigenvalue weighted by molar-refractivity contribution is 7.89. The van der Waals surface area contributed by atoms with Crippen LogP contribution in [0, 0.1) is 5.92 Å². The number of amides is 2. The average Bonchev–Trinajstić information content (AvgIpc) is 3.27. The minimum atomic E-state index is -3.94. The van der Waals surface area contributed by atoms with Gasteiger partial charge in [0.2, 0.25) is 21.8 Å². The molecule has 1 aliphatic rings. The van der Waals surface area contributed by atoms with Gasteiger partial charge in [-0.05, 0) is 53.8 Å². The molecule has 0 bridgehead atoms. The summed E-state index contributed by atoms with van der Waals surface area (Å²) in [5.74, 6) is -1.17. The number of aliphatic hydroxyl groups excluding tert-OH is 2. The Morgan fingerprint density at radius 1 is 0.975 bits per heavy atom. The quantitative estimate of drug-likeness (QED) is 0.228. The van der Waals surface area contributed by atoms with Crippen molar-refractivity contribution in [1.29, 1.82) is 0 Å². The third kappa shape index (κ3) is 7.54. The number of anilines is 1. The maximum absolute atomic E-state index is 13.4. The second-order valence-electron chi connectivity index (χ2n) is 10.0. The smallest absolute Gasteiger partial charge is 0.240 e. The van der Waals surface area contributed by atoms with E-state index in [0.29, 0.717) is 24.9 Å². The van der Waals surface area contributed by atoms with Crippen molar-refractivity contribution in [1.82, 2.24) is 10.0 Å². The lowest BCUT2D eigenvalue weighted by atomic mass is 9.92. The van der Waals surface area contributed by atoms with Crippen molar-refractivity contribution >= 4 is 27.5 Å². The molecule has 0 fully saturated rings. The lowest BCUT2D eigenvalue weighted by molar-refractivity contribution is -0.127. The predicted octanol–water partition coefficient (Wildman–Crippen LogP) is 2.70. The van der Waals surface area contributed by atoms with E-state index in [2.05, 4.69) is 15.4 Å². The zero-order valence-corrected chi connectivity index (χ0v) is 23.1. The number of benzene rings is 3. The van der Waals surface area contributed by atoms with E-state index in [9.17, 15) is 28.2 Å². The van der Waals surface area contributed by atoms with E-state index in [1.165, 1.54) is 24.3 Å². The highest BCUT2D eigenvalue weighted by Crippen LogP contribution is 2.32. The van der Waals surface area contributed by atoms with Crippen molar-refractivity contribution in [3.63, 3.8) is 0 Å². The van der Waals surface area contributed by atoms with Gasteiger partial charge in [-0.1, -0.05) is 61.5 Å². The maximum atomic E-state index is 13.4. The molecule has 0 heterocycles. The summed E-state index contributed by atoms with van der Waals surface area (Å²) in [6.45, 7) is 1.43. The molecule has 0 aliphatic heterocycles. The molecule has 0 radical (unpaired) electrons. The van der Waals surface area contributed by atoms with Crippen molar-refractivity contribution in [3.05, 3.63) is 95.6 Å². The van der Waals surface area contributed by atoms with E-state index in [0.717, 1.165) is 16.7 Å². The lowest BCUT2D eigenvalue weighted by Gasteiger charge is -2.24. The molecule has 1 aliphatic carbocycles. The van der Waals surface area contributed by atoms with Gasteiger partial charge in [-0.15, -0.1) is 0 Å². The first-order valence-electron chi connectivity index (χ1n) is 13.3. The molecule has 3 aromatic carbocycles. The summed E-state index contributed by atoms with van der Waals surface area (Å²) in [4.78, 5) is 25.0. The van der Waals surface area contributed by atoms with E-state index in [-0.39, 0.29) is 29.7 Å². The zero-order valence-electron chi connectivity index (χ0n) is 22.3. The van der Waals surface area contributed by atoms with E-state index >= 15 is 0 Å². The lowest BCUT2D eigenvalue weighted by Crippen LogP contribution is -2.41. The van der Waals surface area contributed by atoms with Gasteiger partial charge in [0.05, 0.1) is 23.1 Å². The molecule has 0 spiro atoms. The van der Waals surface area contributed by atoms with Crippen LogP contribution in [0.15, 0.2) is 83.8 Å². The molecule has 9 nitrogen and oxygen atoms in total. The summed E-state index contributed by atoms with van der Waals surface area (Å²) in [5, 5.41) is 27.0. The largest absolute Gasteiger partial charge is 0.392 e. The van der Waals surface area contributed by atoms with Gasteiger partial charge in [-0.3, -0.25) is 9.59 Å². The number of carbonyl (C=O) groups excluding carboxylic acids is 2. The summed E-state index contributed by atoms with van der Waals surface area (Å²) in [7, 11) is -3.94. The first-order chi connectivity index (χ1) is 19.2. The first-order valence-corrected chi connectivity index (χ1v) is 14.8. The predicted molar refractivity (Wildman–Crippen MR) is 152 cm³/mol. The zero-order chi connectivity index (χ0) is 28.7. The highest BCUT2D eigenvalue weighted by atomic mass is 32.2. The molecule has 4 rings (SSSR count). The Bertz CT molecular complexity index is 1410. The molecule has 0 saturated carbocycles.